The zero-order valence-corrected chi connectivity index (χ0v) is 12.6. The Kier molecular flexibility index (Phi) is 4.26. The summed E-state index contributed by atoms with van der Waals surface area (Å²) in [6, 6.07) is 6.92. The Labute approximate surface area is 131 Å². The van der Waals surface area contributed by atoms with Crippen molar-refractivity contribution in [2.24, 2.45) is 0 Å². The number of likely N-dealkylation sites (tertiary alicyclic amines) is 1. The van der Waals surface area contributed by atoms with Crippen molar-refractivity contribution >= 4 is 28.8 Å². The molecule has 1 saturated heterocycles. The highest BCUT2D eigenvalue weighted by molar-refractivity contribution is 7.11. The molecule has 1 fully saturated rings. The summed E-state index contributed by atoms with van der Waals surface area (Å²) in [5, 5.41) is 3.14. The third kappa shape index (κ3) is 3.65. The first-order valence-electron chi connectivity index (χ1n) is 6.43. The highest BCUT2D eigenvalue weighted by Crippen LogP contribution is 2.20. The summed E-state index contributed by atoms with van der Waals surface area (Å²) in [5.74, 6) is 0.577. The zero-order chi connectivity index (χ0) is 14.7. The molecule has 110 valence electrons. The topological polar surface area (TPSA) is 51.7 Å². The van der Waals surface area contributed by atoms with E-state index >= 15 is 0 Å². The fraction of sp³-hybridized carbons (Fsp3) is 0.286. The van der Waals surface area contributed by atoms with Crippen LogP contribution in [0, 0.1) is 0 Å². The summed E-state index contributed by atoms with van der Waals surface area (Å²) < 4.78 is 11.0. The van der Waals surface area contributed by atoms with Gasteiger partial charge >= 0.3 is 0 Å². The van der Waals surface area contributed by atoms with E-state index in [2.05, 4.69) is 4.98 Å². The van der Waals surface area contributed by atoms with Crippen LogP contribution < -0.4 is 9.47 Å². The van der Waals surface area contributed by atoms with E-state index in [1.54, 1.807) is 35.4 Å². The summed E-state index contributed by atoms with van der Waals surface area (Å²) in [4.78, 5) is 17.7. The fourth-order valence-corrected chi connectivity index (χ4v) is 2.57. The first kappa shape index (κ1) is 14.2. The smallest absolute Gasteiger partial charge is 0.273 e. The minimum atomic E-state index is -0.0519. The van der Waals surface area contributed by atoms with Gasteiger partial charge in [0, 0.05) is 16.6 Å². The molecular weight excluding hydrogens is 312 g/mol. The lowest BCUT2D eigenvalue weighted by Gasteiger charge is -2.38. The van der Waals surface area contributed by atoms with Crippen LogP contribution in [-0.2, 0) is 4.79 Å². The number of thiazole rings is 1. The number of nitrogens with zero attached hydrogens (tertiary/aromatic N) is 2. The highest BCUT2D eigenvalue weighted by Gasteiger charge is 2.32. The van der Waals surface area contributed by atoms with Crippen molar-refractivity contribution in [3.63, 3.8) is 0 Å². The van der Waals surface area contributed by atoms with Gasteiger partial charge in [0.05, 0.1) is 13.1 Å². The molecule has 1 aromatic heterocycles. The molecule has 0 spiro atoms. The van der Waals surface area contributed by atoms with Gasteiger partial charge in [0.25, 0.3) is 11.1 Å². The van der Waals surface area contributed by atoms with Crippen LogP contribution >= 0.6 is 22.9 Å². The second-order valence-corrected chi connectivity index (χ2v) is 5.87. The number of aromatic nitrogens is 1. The zero-order valence-electron chi connectivity index (χ0n) is 11.1. The van der Waals surface area contributed by atoms with Gasteiger partial charge in [-0.25, -0.2) is 4.98 Å². The predicted octanol–water partition coefficient (Wildman–Crippen LogP) is 2.47. The van der Waals surface area contributed by atoms with Gasteiger partial charge < -0.3 is 14.4 Å². The van der Waals surface area contributed by atoms with Gasteiger partial charge in [-0.3, -0.25) is 4.79 Å². The van der Waals surface area contributed by atoms with Crippen LogP contribution in [0.1, 0.15) is 0 Å². The number of hydrogen-bond acceptors (Lipinski definition) is 5. The minimum Gasteiger partial charge on any atom is -0.484 e. The minimum absolute atomic E-state index is 0.0194. The van der Waals surface area contributed by atoms with Crippen molar-refractivity contribution in [3.8, 4) is 10.9 Å². The van der Waals surface area contributed by atoms with Crippen LogP contribution in [0.25, 0.3) is 0 Å². The number of benzene rings is 1. The monoisotopic (exact) mass is 324 g/mol. The Morgan fingerprint density at radius 2 is 2.14 bits per heavy atom. The molecule has 0 saturated carbocycles. The molecule has 0 N–H and O–H groups in total. The summed E-state index contributed by atoms with van der Waals surface area (Å²) in [6.45, 7) is 1.16. The van der Waals surface area contributed by atoms with Crippen molar-refractivity contribution in [1.82, 2.24) is 9.88 Å². The average molecular weight is 325 g/mol. The van der Waals surface area contributed by atoms with Crippen molar-refractivity contribution in [3.05, 3.63) is 40.9 Å². The molecule has 0 atom stereocenters. The molecule has 0 unspecified atom stereocenters. The number of hydrogen-bond donors (Lipinski definition) is 0. The second kappa shape index (κ2) is 6.32. The third-order valence-corrected chi connectivity index (χ3v) is 3.97. The standard InChI is InChI=1S/C14H13ClN2O3S/c15-10-1-3-11(4-2-10)19-9-13(18)17-7-12(8-17)20-14-16-5-6-21-14/h1-6,12H,7-9H2. The Hall–Kier alpha value is -1.79. The quantitative estimate of drug-likeness (QED) is 0.848. The van der Waals surface area contributed by atoms with Gasteiger partial charge in [-0.05, 0) is 24.3 Å². The molecule has 1 aliphatic rings. The summed E-state index contributed by atoms with van der Waals surface area (Å²) in [6.07, 6.45) is 1.72. The second-order valence-electron chi connectivity index (χ2n) is 4.58. The van der Waals surface area contributed by atoms with Crippen LogP contribution in [-0.4, -0.2) is 41.6 Å². The number of rotatable bonds is 5. The lowest BCUT2D eigenvalue weighted by atomic mass is 10.1. The molecule has 5 nitrogen and oxygen atoms in total. The van der Waals surface area contributed by atoms with E-state index in [-0.39, 0.29) is 18.6 Å². The van der Waals surface area contributed by atoms with Crippen molar-refractivity contribution in [2.75, 3.05) is 19.7 Å². The molecule has 3 rings (SSSR count). The Morgan fingerprint density at radius 1 is 1.38 bits per heavy atom. The van der Waals surface area contributed by atoms with Gasteiger partial charge in [0.15, 0.2) is 6.61 Å². The molecule has 1 aromatic carbocycles. The van der Waals surface area contributed by atoms with E-state index in [1.807, 2.05) is 5.38 Å². The summed E-state index contributed by atoms with van der Waals surface area (Å²) in [5.41, 5.74) is 0. The van der Waals surface area contributed by atoms with Crippen molar-refractivity contribution < 1.29 is 14.3 Å². The van der Waals surface area contributed by atoms with Crippen LogP contribution in [0.2, 0.25) is 5.02 Å². The van der Waals surface area contributed by atoms with Gasteiger partial charge in [0.2, 0.25) is 0 Å². The molecule has 2 aromatic rings. The fourth-order valence-electron chi connectivity index (χ4n) is 1.89. The molecule has 21 heavy (non-hydrogen) atoms. The Morgan fingerprint density at radius 3 is 2.81 bits per heavy atom. The van der Waals surface area contributed by atoms with Crippen molar-refractivity contribution in [2.45, 2.75) is 6.10 Å². The molecule has 1 aliphatic heterocycles. The third-order valence-electron chi connectivity index (χ3n) is 3.05. The average Bonchev–Trinajstić information content (AvgIpc) is 2.94. The maximum absolute atomic E-state index is 11.9. The maximum atomic E-state index is 11.9. The number of carbonyl (C=O) groups excluding carboxylic acids is 1. The molecule has 0 aliphatic carbocycles. The SMILES string of the molecule is O=C(COc1ccc(Cl)cc1)N1CC(Oc2nccs2)C1. The molecular formula is C14H13ClN2O3S. The maximum Gasteiger partial charge on any atom is 0.273 e. The van der Waals surface area contributed by atoms with E-state index < -0.39 is 0 Å². The number of amides is 1. The first-order chi connectivity index (χ1) is 10.2. The molecule has 0 radical (unpaired) electrons. The van der Waals surface area contributed by atoms with Crippen LogP contribution in [0.4, 0.5) is 0 Å². The number of carbonyl (C=O) groups is 1. The van der Waals surface area contributed by atoms with E-state index in [9.17, 15) is 4.79 Å². The lowest BCUT2D eigenvalue weighted by Crippen LogP contribution is -2.57. The van der Waals surface area contributed by atoms with E-state index in [0.717, 1.165) is 0 Å². The Bertz CT molecular complexity index is 597. The molecule has 1 amide bonds. The van der Waals surface area contributed by atoms with Crippen molar-refractivity contribution in [1.29, 1.82) is 0 Å². The number of ether oxygens (including phenoxy) is 2. The van der Waals surface area contributed by atoms with Gasteiger partial charge in [-0.1, -0.05) is 22.9 Å². The summed E-state index contributed by atoms with van der Waals surface area (Å²) in [7, 11) is 0. The van der Waals surface area contributed by atoms with E-state index in [4.69, 9.17) is 21.1 Å². The molecule has 2 heterocycles. The van der Waals surface area contributed by atoms with E-state index in [0.29, 0.717) is 29.1 Å². The number of halogens is 1. The van der Waals surface area contributed by atoms with Crippen LogP contribution in [0.15, 0.2) is 35.8 Å². The van der Waals surface area contributed by atoms with Gasteiger partial charge in [0.1, 0.15) is 11.9 Å². The molecule has 0 bridgehead atoms. The lowest BCUT2D eigenvalue weighted by molar-refractivity contribution is -0.142. The van der Waals surface area contributed by atoms with Gasteiger partial charge in [-0.2, -0.15) is 0 Å². The van der Waals surface area contributed by atoms with Crippen LogP contribution in [0.3, 0.4) is 0 Å². The highest BCUT2D eigenvalue weighted by atomic mass is 35.5. The Balaban J connectivity index is 1.40. The predicted molar refractivity (Wildman–Crippen MR) is 80.1 cm³/mol. The first-order valence-corrected chi connectivity index (χ1v) is 7.69. The normalized spacial score (nSPS) is 14.6. The largest absolute Gasteiger partial charge is 0.484 e. The summed E-state index contributed by atoms with van der Waals surface area (Å²) >= 11 is 7.23. The van der Waals surface area contributed by atoms with E-state index in [1.165, 1.54) is 11.3 Å². The van der Waals surface area contributed by atoms with Crippen LogP contribution in [0.5, 0.6) is 10.9 Å². The van der Waals surface area contributed by atoms with Gasteiger partial charge in [-0.15, -0.1) is 0 Å². The molecule has 7 heteroatoms.